The normalized spacial score (nSPS) is 22.5. The SMILES string of the molecule is NCc1ccc(N2CCC3(CCCC3)C2)cn1. The van der Waals surface area contributed by atoms with E-state index >= 15 is 0 Å². The molecule has 2 heterocycles. The van der Waals surface area contributed by atoms with E-state index in [1.807, 2.05) is 6.20 Å². The lowest BCUT2D eigenvalue weighted by Gasteiger charge is -2.24. The Hall–Kier alpha value is -1.09. The highest BCUT2D eigenvalue weighted by Gasteiger charge is 2.40. The van der Waals surface area contributed by atoms with Gasteiger partial charge >= 0.3 is 0 Å². The summed E-state index contributed by atoms with van der Waals surface area (Å²) in [4.78, 5) is 6.89. The van der Waals surface area contributed by atoms with Crippen LogP contribution < -0.4 is 10.6 Å². The summed E-state index contributed by atoms with van der Waals surface area (Å²) in [6, 6.07) is 4.22. The van der Waals surface area contributed by atoms with E-state index in [0.29, 0.717) is 12.0 Å². The van der Waals surface area contributed by atoms with Crippen molar-refractivity contribution in [2.75, 3.05) is 18.0 Å². The Labute approximate surface area is 103 Å². The zero-order valence-electron chi connectivity index (χ0n) is 10.4. The third-order valence-electron chi connectivity index (χ3n) is 4.49. The lowest BCUT2D eigenvalue weighted by Crippen LogP contribution is -2.24. The van der Waals surface area contributed by atoms with E-state index < -0.39 is 0 Å². The fourth-order valence-corrected chi connectivity index (χ4v) is 3.41. The van der Waals surface area contributed by atoms with Crippen molar-refractivity contribution in [1.82, 2.24) is 4.98 Å². The molecule has 0 bridgehead atoms. The summed E-state index contributed by atoms with van der Waals surface area (Å²) in [5, 5.41) is 0. The van der Waals surface area contributed by atoms with Gasteiger partial charge in [-0.3, -0.25) is 4.98 Å². The molecular formula is C14H21N3. The van der Waals surface area contributed by atoms with Gasteiger partial charge in [0.05, 0.1) is 17.6 Å². The Bertz CT molecular complexity index is 379. The zero-order valence-corrected chi connectivity index (χ0v) is 10.4. The minimum Gasteiger partial charge on any atom is -0.370 e. The number of anilines is 1. The second-order valence-electron chi connectivity index (χ2n) is 5.59. The van der Waals surface area contributed by atoms with Crippen LogP contribution in [0, 0.1) is 5.41 Å². The quantitative estimate of drug-likeness (QED) is 0.849. The van der Waals surface area contributed by atoms with Crippen molar-refractivity contribution >= 4 is 5.69 Å². The molecule has 92 valence electrons. The number of pyridine rings is 1. The summed E-state index contributed by atoms with van der Waals surface area (Å²) in [5.74, 6) is 0. The van der Waals surface area contributed by atoms with Gasteiger partial charge in [-0.15, -0.1) is 0 Å². The maximum absolute atomic E-state index is 5.57. The van der Waals surface area contributed by atoms with Gasteiger partial charge in [0.15, 0.2) is 0 Å². The maximum Gasteiger partial charge on any atom is 0.0553 e. The second kappa shape index (κ2) is 4.30. The molecule has 1 aliphatic heterocycles. The lowest BCUT2D eigenvalue weighted by atomic mass is 9.86. The molecule has 1 aliphatic carbocycles. The molecule has 0 amide bonds. The topological polar surface area (TPSA) is 42.1 Å². The van der Waals surface area contributed by atoms with E-state index in [-0.39, 0.29) is 0 Å². The van der Waals surface area contributed by atoms with Gasteiger partial charge in [0, 0.05) is 19.6 Å². The summed E-state index contributed by atoms with van der Waals surface area (Å²) in [6.45, 7) is 2.96. The van der Waals surface area contributed by atoms with Crippen LogP contribution in [0.15, 0.2) is 18.3 Å². The molecule has 0 atom stereocenters. The highest BCUT2D eigenvalue weighted by atomic mass is 15.2. The van der Waals surface area contributed by atoms with Crippen LogP contribution in [0.25, 0.3) is 0 Å². The molecule has 0 radical (unpaired) electrons. The number of hydrogen-bond acceptors (Lipinski definition) is 3. The maximum atomic E-state index is 5.57. The Balaban J connectivity index is 1.72. The van der Waals surface area contributed by atoms with Gasteiger partial charge in [-0.25, -0.2) is 0 Å². The predicted octanol–water partition coefficient (Wildman–Crippen LogP) is 2.31. The smallest absolute Gasteiger partial charge is 0.0553 e. The van der Waals surface area contributed by atoms with Crippen molar-refractivity contribution in [3.63, 3.8) is 0 Å². The number of aromatic nitrogens is 1. The van der Waals surface area contributed by atoms with Crippen LogP contribution in [0.4, 0.5) is 5.69 Å². The van der Waals surface area contributed by atoms with Crippen molar-refractivity contribution in [2.45, 2.75) is 38.6 Å². The molecular weight excluding hydrogens is 210 g/mol. The van der Waals surface area contributed by atoms with E-state index in [1.165, 1.54) is 50.9 Å². The van der Waals surface area contributed by atoms with E-state index in [0.717, 1.165) is 5.69 Å². The number of hydrogen-bond donors (Lipinski definition) is 1. The molecule has 3 nitrogen and oxygen atoms in total. The van der Waals surface area contributed by atoms with Gasteiger partial charge in [0.25, 0.3) is 0 Å². The zero-order chi connectivity index (χ0) is 11.7. The van der Waals surface area contributed by atoms with Gasteiger partial charge < -0.3 is 10.6 Å². The monoisotopic (exact) mass is 231 g/mol. The first-order chi connectivity index (χ1) is 8.31. The third kappa shape index (κ3) is 2.04. The first-order valence-electron chi connectivity index (χ1n) is 6.71. The van der Waals surface area contributed by atoms with Gasteiger partial charge in [0.1, 0.15) is 0 Å². The molecule has 1 saturated carbocycles. The minimum atomic E-state index is 0.532. The van der Waals surface area contributed by atoms with E-state index in [2.05, 4.69) is 22.0 Å². The molecule has 2 aliphatic rings. The van der Waals surface area contributed by atoms with E-state index in [1.54, 1.807) is 0 Å². The van der Waals surface area contributed by atoms with Gasteiger partial charge in [0.2, 0.25) is 0 Å². The highest BCUT2D eigenvalue weighted by Crippen LogP contribution is 2.46. The predicted molar refractivity (Wildman–Crippen MR) is 69.9 cm³/mol. The van der Waals surface area contributed by atoms with Crippen molar-refractivity contribution in [3.8, 4) is 0 Å². The molecule has 0 unspecified atom stereocenters. The van der Waals surface area contributed by atoms with Crippen LogP contribution >= 0.6 is 0 Å². The van der Waals surface area contributed by atoms with Crippen LogP contribution in [0.5, 0.6) is 0 Å². The fourth-order valence-electron chi connectivity index (χ4n) is 3.41. The average Bonchev–Trinajstić information content (AvgIpc) is 3.01. The van der Waals surface area contributed by atoms with Crippen molar-refractivity contribution in [2.24, 2.45) is 11.1 Å². The molecule has 1 spiro atoms. The van der Waals surface area contributed by atoms with Crippen LogP contribution in [0.3, 0.4) is 0 Å². The number of nitrogens with zero attached hydrogens (tertiary/aromatic N) is 2. The molecule has 1 aromatic heterocycles. The number of rotatable bonds is 2. The average molecular weight is 231 g/mol. The van der Waals surface area contributed by atoms with Gasteiger partial charge in [-0.2, -0.15) is 0 Å². The van der Waals surface area contributed by atoms with Crippen LogP contribution in [0.1, 0.15) is 37.8 Å². The molecule has 0 aromatic carbocycles. The molecule has 3 heteroatoms. The lowest BCUT2D eigenvalue weighted by molar-refractivity contribution is 0.341. The standard InChI is InChI=1S/C14H21N3/c15-9-12-3-4-13(10-16-12)17-8-7-14(11-17)5-1-2-6-14/h3-4,10H,1-2,5-9,11,15H2. The van der Waals surface area contributed by atoms with E-state index in [9.17, 15) is 0 Å². The Kier molecular flexibility index (Phi) is 2.79. The summed E-state index contributed by atoms with van der Waals surface area (Å²) in [5.41, 5.74) is 8.45. The van der Waals surface area contributed by atoms with Crippen molar-refractivity contribution in [1.29, 1.82) is 0 Å². The minimum absolute atomic E-state index is 0.532. The summed E-state index contributed by atoms with van der Waals surface area (Å²) in [6.07, 6.45) is 9.06. The largest absolute Gasteiger partial charge is 0.370 e. The first kappa shape index (κ1) is 11.0. The summed E-state index contributed by atoms with van der Waals surface area (Å²) < 4.78 is 0. The molecule has 17 heavy (non-hydrogen) atoms. The molecule has 1 saturated heterocycles. The summed E-state index contributed by atoms with van der Waals surface area (Å²) in [7, 11) is 0. The van der Waals surface area contributed by atoms with Crippen molar-refractivity contribution < 1.29 is 0 Å². The molecule has 1 aromatic rings. The van der Waals surface area contributed by atoms with Crippen LogP contribution in [-0.4, -0.2) is 18.1 Å². The first-order valence-corrected chi connectivity index (χ1v) is 6.71. The Morgan fingerprint density at radius 2 is 2.06 bits per heavy atom. The van der Waals surface area contributed by atoms with Crippen LogP contribution in [-0.2, 0) is 6.54 Å². The summed E-state index contributed by atoms with van der Waals surface area (Å²) >= 11 is 0. The highest BCUT2D eigenvalue weighted by molar-refractivity contribution is 5.46. The Morgan fingerprint density at radius 1 is 1.24 bits per heavy atom. The molecule has 2 fully saturated rings. The Morgan fingerprint density at radius 3 is 2.71 bits per heavy atom. The van der Waals surface area contributed by atoms with E-state index in [4.69, 9.17) is 5.73 Å². The third-order valence-corrected chi connectivity index (χ3v) is 4.49. The van der Waals surface area contributed by atoms with Gasteiger partial charge in [-0.1, -0.05) is 12.8 Å². The number of nitrogens with two attached hydrogens (primary N) is 1. The van der Waals surface area contributed by atoms with Gasteiger partial charge in [-0.05, 0) is 36.8 Å². The second-order valence-corrected chi connectivity index (χ2v) is 5.59. The van der Waals surface area contributed by atoms with Crippen LogP contribution in [0.2, 0.25) is 0 Å². The molecule has 3 rings (SSSR count). The molecule has 2 N–H and O–H groups in total. The van der Waals surface area contributed by atoms with Crippen molar-refractivity contribution in [3.05, 3.63) is 24.0 Å². The fraction of sp³-hybridized carbons (Fsp3) is 0.643.